The highest BCUT2D eigenvalue weighted by molar-refractivity contribution is 7.08. The summed E-state index contributed by atoms with van der Waals surface area (Å²) in [6.45, 7) is 6.45. The highest BCUT2D eigenvalue weighted by atomic mass is 32.1. The van der Waals surface area contributed by atoms with E-state index >= 15 is 0 Å². The predicted octanol–water partition coefficient (Wildman–Crippen LogP) is 4.65. The molecule has 0 bridgehead atoms. The molecule has 0 N–H and O–H groups in total. The molecule has 1 aromatic carbocycles. The van der Waals surface area contributed by atoms with Crippen LogP contribution in [0.4, 0.5) is 0 Å². The molecule has 2 heterocycles. The highest BCUT2D eigenvalue weighted by Crippen LogP contribution is 2.33. The maximum Gasteiger partial charge on any atom is 0.206 e. The first-order chi connectivity index (χ1) is 13.1. The second-order valence-electron chi connectivity index (χ2n) is 5.86. The van der Waals surface area contributed by atoms with Crippen LogP contribution < -0.4 is 14.3 Å². The monoisotopic (exact) mass is 399 g/mol. The molecule has 0 amide bonds. The Morgan fingerprint density at radius 3 is 2.74 bits per heavy atom. The Morgan fingerprint density at radius 2 is 2.07 bits per heavy atom. The van der Waals surface area contributed by atoms with Crippen molar-refractivity contribution in [1.29, 1.82) is 0 Å². The van der Waals surface area contributed by atoms with E-state index in [9.17, 15) is 0 Å². The van der Waals surface area contributed by atoms with Gasteiger partial charge in [-0.2, -0.15) is 16.4 Å². The van der Waals surface area contributed by atoms with Gasteiger partial charge in [0, 0.05) is 16.5 Å². The number of nitrogens with zero attached hydrogens (tertiary/aromatic N) is 3. The summed E-state index contributed by atoms with van der Waals surface area (Å²) >= 11 is 3.17. The molecule has 0 saturated carbocycles. The van der Waals surface area contributed by atoms with Gasteiger partial charge in [-0.3, -0.25) is 4.99 Å². The zero-order chi connectivity index (χ0) is 19.2. The number of thiazole rings is 1. The van der Waals surface area contributed by atoms with Gasteiger partial charge in [-0.25, -0.2) is 4.68 Å². The summed E-state index contributed by atoms with van der Waals surface area (Å²) < 4.78 is 12.8. The summed E-state index contributed by atoms with van der Waals surface area (Å²) in [5, 5.41) is 10.8. The molecule has 5 nitrogen and oxygen atoms in total. The van der Waals surface area contributed by atoms with Crippen LogP contribution in [0.3, 0.4) is 0 Å². The molecule has 0 unspecified atom stereocenters. The fourth-order valence-corrected chi connectivity index (χ4v) is 3.83. The second kappa shape index (κ2) is 8.83. The van der Waals surface area contributed by atoms with E-state index in [2.05, 4.69) is 16.7 Å². The summed E-state index contributed by atoms with van der Waals surface area (Å²) in [6.07, 6.45) is 1.83. The fourth-order valence-electron chi connectivity index (χ4n) is 2.39. The van der Waals surface area contributed by atoms with E-state index in [1.165, 1.54) is 11.3 Å². The van der Waals surface area contributed by atoms with E-state index in [0.717, 1.165) is 38.7 Å². The zero-order valence-corrected chi connectivity index (χ0v) is 17.1. The lowest BCUT2D eigenvalue weighted by Crippen LogP contribution is -2.13. The Labute approximate surface area is 166 Å². The zero-order valence-electron chi connectivity index (χ0n) is 15.5. The lowest BCUT2D eigenvalue weighted by Gasteiger charge is -2.11. The largest absolute Gasteiger partial charge is 0.497 e. The van der Waals surface area contributed by atoms with Crippen molar-refractivity contribution in [3.8, 4) is 22.8 Å². The van der Waals surface area contributed by atoms with Crippen molar-refractivity contribution in [3.63, 3.8) is 0 Å². The van der Waals surface area contributed by atoms with E-state index in [-0.39, 0.29) is 0 Å². The Hall–Kier alpha value is -2.64. The summed E-state index contributed by atoms with van der Waals surface area (Å²) in [7, 11) is 3.30. The maximum absolute atomic E-state index is 5.55. The van der Waals surface area contributed by atoms with Gasteiger partial charge < -0.3 is 9.47 Å². The van der Waals surface area contributed by atoms with Gasteiger partial charge in [-0.1, -0.05) is 12.2 Å². The van der Waals surface area contributed by atoms with E-state index in [0.29, 0.717) is 6.54 Å². The van der Waals surface area contributed by atoms with Crippen LogP contribution in [0, 0.1) is 0 Å². The second-order valence-corrected chi connectivity index (χ2v) is 7.47. The minimum Gasteiger partial charge on any atom is -0.497 e. The Morgan fingerprint density at radius 1 is 1.22 bits per heavy atom. The van der Waals surface area contributed by atoms with Crippen molar-refractivity contribution in [2.45, 2.75) is 6.92 Å². The number of benzene rings is 1. The van der Waals surface area contributed by atoms with Crippen LogP contribution in [-0.4, -0.2) is 31.7 Å². The Bertz CT molecular complexity index is 1010. The molecule has 3 rings (SSSR count). The third-order valence-electron chi connectivity index (χ3n) is 3.72. The maximum atomic E-state index is 5.55. The van der Waals surface area contributed by atoms with E-state index in [1.54, 1.807) is 25.6 Å². The number of methoxy groups -OCH3 is 2. The van der Waals surface area contributed by atoms with Crippen LogP contribution in [0.2, 0.25) is 0 Å². The first-order valence-electron chi connectivity index (χ1n) is 8.26. The van der Waals surface area contributed by atoms with Crippen LogP contribution in [0.25, 0.3) is 11.3 Å². The molecule has 2 aromatic heterocycles. The minimum atomic E-state index is 0.559. The van der Waals surface area contributed by atoms with Crippen LogP contribution >= 0.6 is 22.7 Å². The quantitative estimate of drug-likeness (QED) is 0.429. The smallest absolute Gasteiger partial charge is 0.206 e. The average molecular weight is 400 g/mol. The first kappa shape index (κ1) is 19.1. The minimum absolute atomic E-state index is 0.559. The van der Waals surface area contributed by atoms with Gasteiger partial charge in [0.05, 0.1) is 32.7 Å². The third-order valence-corrected chi connectivity index (χ3v) is 5.27. The molecule has 0 aliphatic rings. The van der Waals surface area contributed by atoms with Crippen LogP contribution in [0.1, 0.15) is 12.5 Å². The van der Waals surface area contributed by atoms with E-state index < -0.39 is 0 Å². The van der Waals surface area contributed by atoms with Crippen molar-refractivity contribution in [1.82, 2.24) is 4.68 Å². The molecular weight excluding hydrogens is 378 g/mol. The van der Waals surface area contributed by atoms with Gasteiger partial charge in [0.15, 0.2) is 0 Å². The van der Waals surface area contributed by atoms with Crippen LogP contribution in [-0.2, 0) is 0 Å². The molecule has 0 spiro atoms. The molecule has 0 atom stereocenters. The predicted molar refractivity (Wildman–Crippen MR) is 113 cm³/mol. The van der Waals surface area contributed by atoms with Crippen LogP contribution in [0.5, 0.6) is 11.5 Å². The van der Waals surface area contributed by atoms with Crippen molar-refractivity contribution < 1.29 is 9.47 Å². The fraction of sp³-hybridized carbons (Fsp3) is 0.200. The molecular formula is C20H21N3O2S2. The topological polar surface area (TPSA) is 48.1 Å². The number of rotatable bonds is 7. The molecule has 140 valence electrons. The van der Waals surface area contributed by atoms with Gasteiger partial charge >= 0.3 is 0 Å². The summed E-state index contributed by atoms with van der Waals surface area (Å²) in [5.41, 5.74) is 3.83. The lowest BCUT2D eigenvalue weighted by atomic mass is 10.1. The third kappa shape index (κ3) is 4.56. The lowest BCUT2D eigenvalue weighted by molar-refractivity contribution is 0.404. The number of hydrogen-bond acceptors (Lipinski definition) is 6. The molecule has 3 aromatic rings. The van der Waals surface area contributed by atoms with Crippen molar-refractivity contribution in [2.75, 3.05) is 20.8 Å². The molecule has 0 aliphatic heterocycles. The van der Waals surface area contributed by atoms with Crippen molar-refractivity contribution >= 4 is 28.9 Å². The van der Waals surface area contributed by atoms with Gasteiger partial charge in [0.2, 0.25) is 4.80 Å². The number of ether oxygens (including phenoxy) is 2. The first-order valence-corrected chi connectivity index (χ1v) is 10.1. The standard InChI is InChI=1S/C20H21N3O2S2/c1-14(2)10-21-20-23(22-11-15-7-8-26-12-15)18(13-27-20)17-9-16(24-3)5-6-19(17)25-4/h5-9,11-13H,1,10H2,2-4H3. The molecule has 0 fully saturated rings. The van der Waals surface area contributed by atoms with Crippen LogP contribution in [0.15, 0.2) is 62.7 Å². The molecule has 7 heteroatoms. The number of aromatic nitrogens is 1. The SMILES string of the molecule is C=C(C)CN=c1scc(-c2cc(OC)ccc2OC)n1N=Cc1ccsc1. The summed E-state index contributed by atoms with van der Waals surface area (Å²) in [4.78, 5) is 5.44. The van der Waals surface area contributed by atoms with Gasteiger partial charge in [0.25, 0.3) is 0 Å². The molecule has 27 heavy (non-hydrogen) atoms. The van der Waals surface area contributed by atoms with Gasteiger partial charge in [0.1, 0.15) is 11.5 Å². The van der Waals surface area contributed by atoms with Gasteiger partial charge in [-0.15, -0.1) is 11.3 Å². The highest BCUT2D eigenvalue weighted by Gasteiger charge is 2.14. The Balaban J connectivity index is 2.15. The average Bonchev–Trinajstić information content (AvgIpc) is 3.33. The van der Waals surface area contributed by atoms with E-state index in [1.807, 2.05) is 58.2 Å². The summed E-state index contributed by atoms with van der Waals surface area (Å²) in [6, 6.07) is 7.74. The normalized spacial score (nSPS) is 11.9. The van der Waals surface area contributed by atoms with Gasteiger partial charge in [-0.05, 0) is 41.9 Å². The molecule has 0 radical (unpaired) electrons. The molecule has 0 saturated heterocycles. The summed E-state index contributed by atoms with van der Waals surface area (Å²) in [5.74, 6) is 1.50. The Kier molecular flexibility index (Phi) is 6.26. The number of thiophene rings is 1. The molecule has 0 aliphatic carbocycles. The van der Waals surface area contributed by atoms with Crippen molar-refractivity contribution in [3.05, 3.63) is 62.9 Å². The number of hydrogen-bond donors (Lipinski definition) is 0. The van der Waals surface area contributed by atoms with Crippen molar-refractivity contribution in [2.24, 2.45) is 10.1 Å². The van der Waals surface area contributed by atoms with E-state index in [4.69, 9.17) is 9.47 Å².